The molecule has 0 unspecified atom stereocenters. The maximum atomic E-state index is 4.71. The summed E-state index contributed by atoms with van der Waals surface area (Å²) < 4.78 is 1.10. The van der Waals surface area contributed by atoms with E-state index in [1.165, 1.54) is 17.7 Å². The fraction of sp³-hybridized carbons (Fsp3) is 0.333. The van der Waals surface area contributed by atoms with E-state index in [1.807, 2.05) is 18.2 Å². The summed E-state index contributed by atoms with van der Waals surface area (Å²) in [5.74, 6) is 2.48. The molecule has 0 atom stereocenters. The predicted octanol–water partition coefficient (Wildman–Crippen LogP) is 4.70. The smallest absolute Gasteiger partial charge is 0.135 e. The molecule has 0 spiro atoms. The molecule has 0 bridgehead atoms. The Kier molecular flexibility index (Phi) is 4.27. The molecular formula is C15H16BrN3S. The first kappa shape index (κ1) is 13.9. The van der Waals surface area contributed by atoms with E-state index in [-0.39, 0.29) is 0 Å². The van der Waals surface area contributed by atoms with Crippen LogP contribution in [0, 0.1) is 0 Å². The summed E-state index contributed by atoms with van der Waals surface area (Å²) in [4.78, 5) is 10.5. The molecule has 3 nitrogen and oxygen atoms in total. The van der Waals surface area contributed by atoms with Crippen LogP contribution in [0.15, 0.2) is 44.7 Å². The van der Waals surface area contributed by atoms with Crippen LogP contribution in [0.2, 0.25) is 0 Å². The van der Waals surface area contributed by atoms with Crippen LogP contribution in [0.3, 0.4) is 0 Å². The van der Waals surface area contributed by atoms with Gasteiger partial charge in [0.15, 0.2) is 0 Å². The number of rotatable bonds is 5. The van der Waals surface area contributed by atoms with Crippen molar-refractivity contribution in [1.82, 2.24) is 9.97 Å². The summed E-state index contributed by atoms with van der Waals surface area (Å²) in [6.07, 6.45) is 2.43. The van der Waals surface area contributed by atoms with Crippen LogP contribution in [0.5, 0.6) is 0 Å². The van der Waals surface area contributed by atoms with Crippen molar-refractivity contribution in [2.75, 3.05) is 11.9 Å². The van der Waals surface area contributed by atoms with Crippen LogP contribution in [-0.2, 0) is 0 Å². The Bertz CT molecular complexity index is 614. The van der Waals surface area contributed by atoms with Gasteiger partial charge < -0.3 is 5.32 Å². The zero-order valence-corrected chi connectivity index (χ0v) is 13.7. The van der Waals surface area contributed by atoms with E-state index in [4.69, 9.17) is 4.98 Å². The zero-order chi connectivity index (χ0) is 13.9. The lowest BCUT2D eigenvalue weighted by atomic mass is 10.4. The molecule has 20 heavy (non-hydrogen) atoms. The van der Waals surface area contributed by atoms with Crippen molar-refractivity contribution in [3.05, 3.63) is 40.6 Å². The summed E-state index contributed by atoms with van der Waals surface area (Å²) in [6, 6.07) is 10.2. The highest BCUT2D eigenvalue weighted by Gasteiger charge is 2.27. The maximum absolute atomic E-state index is 4.71. The first-order chi connectivity index (χ1) is 9.76. The third-order valence-corrected chi connectivity index (χ3v) is 5.02. The van der Waals surface area contributed by atoms with Gasteiger partial charge in [-0.25, -0.2) is 9.97 Å². The number of hydrogen-bond donors (Lipinski definition) is 1. The average Bonchev–Trinajstić information content (AvgIpc) is 3.26. The number of nitrogens with zero attached hydrogens (tertiary/aromatic N) is 2. The lowest BCUT2D eigenvalue weighted by Gasteiger charge is -2.09. The molecule has 1 saturated carbocycles. The highest BCUT2D eigenvalue weighted by molar-refractivity contribution is 9.10. The standard InChI is InChI=1S/C15H16BrN3S/c1-2-17-13-9-14(19-15(18-13)10-7-8-10)20-12-6-4-3-5-11(12)16/h3-6,9-10H,2,7-8H2,1H3,(H,17,18,19). The topological polar surface area (TPSA) is 37.8 Å². The minimum atomic E-state index is 0.562. The first-order valence-corrected chi connectivity index (χ1v) is 8.42. The lowest BCUT2D eigenvalue weighted by molar-refractivity contribution is 0.876. The highest BCUT2D eigenvalue weighted by atomic mass is 79.9. The van der Waals surface area contributed by atoms with Gasteiger partial charge in [-0.3, -0.25) is 0 Å². The van der Waals surface area contributed by atoms with E-state index >= 15 is 0 Å². The highest BCUT2D eigenvalue weighted by Crippen LogP contribution is 2.40. The van der Waals surface area contributed by atoms with E-state index < -0.39 is 0 Å². The summed E-state index contributed by atoms with van der Waals surface area (Å²) in [6.45, 7) is 2.96. The molecule has 0 amide bonds. The van der Waals surface area contributed by atoms with Crippen molar-refractivity contribution in [1.29, 1.82) is 0 Å². The molecule has 2 aromatic rings. The minimum Gasteiger partial charge on any atom is -0.370 e. The Morgan fingerprint density at radius 3 is 2.80 bits per heavy atom. The molecule has 1 aliphatic carbocycles. The summed E-state index contributed by atoms with van der Waals surface area (Å²) in [5, 5.41) is 4.30. The fourth-order valence-corrected chi connectivity index (χ4v) is 3.31. The van der Waals surface area contributed by atoms with Gasteiger partial charge in [0.05, 0.1) is 0 Å². The van der Waals surface area contributed by atoms with Crippen molar-refractivity contribution in [2.45, 2.75) is 35.6 Å². The van der Waals surface area contributed by atoms with Crippen LogP contribution >= 0.6 is 27.7 Å². The van der Waals surface area contributed by atoms with Gasteiger partial charge in [0.25, 0.3) is 0 Å². The van der Waals surface area contributed by atoms with Gasteiger partial charge in [-0.05, 0) is 47.8 Å². The van der Waals surface area contributed by atoms with Gasteiger partial charge in [-0.1, -0.05) is 23.9 Å². The summed E-state index contributed by atoms with van der Waals surface area (Å²) >= 11 is 5.26. The van der Waals surface area contributed by atoms with E-state index in [1.54, 1.807) is 11.8 Å². The van der Waals surface area contributed by atoms with Crippen LogP contribution < -0.4 is 5.32 Å². The normalized spacial score (nSPS) is 14.3. The summed E-state index contributed by atoms with van der Waals surface area (Å²) in [7, 11) is 0. The molecule has 1 aromatic heterocycles. The van der Waals surface area contributed by atoms with E-state index in [0.717, 1.165) is 27.7 Å². The second kappa shape index (κ2) is 6.14. The molecule has 104 valence electrons. The molecule has 0 saturated heterocycles. The van der Waals surface area contributed by atoms with E-state index in [9.17, 15) is 0 Å². The molecule has 5 heteroatoms. The predicted molar refractivity (Wildman–Crippen MR) is 86.4 cm³/mol. The largest absolute Gasteiger partial charge is 0.370 e. The second-order valence-electron chi connectivity index (χ2n) is 4.79. The van der Waals surface area contributed by atoms with Gasteiger partial charge in [0.1, 0.15) is 16.7 Å². The van der Waals surface area contributed by atoms with E-state index in [0.29, 0.717) is 5.92 Å². The SMILES string of the molecule is CCNc1cc(Sc2ccccc2Br)nc(C2CC2)n1. The Morgan fingerprint density at radius 1 is 1.30 bits per heavy atom. The van der Waals surface area contributed by atoms with Gasteiger partial charge in [0.2, 0.25) is 0 Å². The number of halogens is 1. The molecule has 0 aliphatic heterocycles. The third-order valence-electron chi connectivity index (χ3n) is 3.07. The van der Waals surface area contributed by atoms with Crippen LogP contribution in [0.1, 0.15) is 31.5 Å². The quantitative estimate of drug-likeness (QED) is 0.794. The van der Waals surface area contributed by atoms with Crippen molar-refractivity contribution >= 4 is 33.5 Å². The number of benzene rings is 1. The van der Waals surface area contributed by atoms with Crippen LogP contribution in [-0.4, -0.2) is 16.5 Å². The van der Waals surface area contributed by atoms with Gasteiger partial charge in [-0.2, -0.15) is 0 Å². The Hall–Kier alpha value is -1.07. The fourth-order valence-electron chi connectivity index (χ4n) is 1.93. The van der Waals surface area contributed by atoms with Crippen LogP contribution in [0.25, 0.3) is 0 Å². The molecule has 0 radical (unpaired) electrons. The number of hydrogen-bond acceptors (Lipinski definition) is 4. The molecule has 1 aromatic carbocycles. The third kappa shape index (κ3) is 3.33. The molecule has 1 aliphatic rings. The van der Waals surface area contributed by atoms with Crippen molar-refractivity contribution in [3.63, 3.8) is 0 Å². The number of aromatic nitrogens is 2. The van der Waals surface area contributed by atoms with Crippen LogP contribution in [0.4, 0.5) is 5.82 Å². The van der Waals surface area contributed by atoms with Crippen molar-refractivity contribution < 1.29 is 0 Å². The molecule has 1 fully saturated rings. The number of nitrogens with one attached hydrogen (secondary N) is 1. The maximum Gasteiger partial charge on any atom is 0.135 e. The van der Waals surface area contributed by atoms with Gasteiger partial charge in [0, 0.05) is 27.9 Å². The first-order valence-electron chi connectivity index (χ1n) is 6.81. The van der Waals surface area contributed by atoms with Crippen molar-refractivity contribution in [2.24, 2.45) is 0 Å². The summed E-state index contributed by atoms with van der Waals surface area (Å²) in [5.41, 5.74) is 0. The monoisotopic (exact) mass is 349 g/mol. The molecule has 1 heterocycles. The lowest BCUT2D eigenvalue weighted by Crippen LogP contribution is -2.03. The second-order valence-corrected chi connectivity index (χ2v) is 6.70. The van der Waals surface area contributed by atoms with Crippen molar-refractivity contribution in [3.8, 4) is 0 Å². The Balaban J connectivity index is 1.89. The molecular weight excluding hydrogens is 334 g/mol. The Morgan fingerprint density at radius 2 is 2.10 bits per heavy atom. The number of anilines is 1. The average molecular weight is 350 g/mol. The van der Waals surface area contributed by atoms with Gasteiger partial charge >= 0.3 is 0 Å². The van der Waals surface area contributed by atoms with E-state index in [2.05, 4.69) is 45.3 Å². The Labute approximate surface area is 131 Å². The van der Waals surface area contributed by atoms with Gasteiger partial charge in [-0.15, -0.1) is 0 Å². The molecule has 1 N–H and O–H groups in total. The zero-order valence-electron chi connectivity index (χ0n) is 11.3. The molecule has 3 rings (SSSR count). The minimum absolute atomic E-state index is 0.562.